The van der Waals surface area contributed by atoms with Gasteiger partial charge in [-0.2, -0.15) is 0 Å². The Balaban J connectivity index is 2.02. The van der Waals surface area contributed by atoms with Gasteiger partial charge in [-0.3, -0.25) is 4.98 Å². The fraction of sp³-hybridized carbons (Fsp3) is 0.643. The van der Waals surface area contributed by atoms with Crippen molar-refractivity contribution >= 4 is 0 Å². The molecule has 0 bridgehead atoms. The summed E-state index contributed by atoms with van der Waals surface area (Å²) in [7, 11) is 0. The molecule has 1 aromatic rings. The second kappa shape index (κ2) is 4.96. The maximum Gasteiger partial charge on any atom is 0.0573 e. The topological polar surface area (TPSA) is 24.9 Å². The maximum absolute atomic E-state index is 4.48. The first-order valence-electron chi connectivity index (χ1n) is 6.33. The predicted molar refractivity (Wildman–Crippen MR) is 67.1 cm³/mol. The van der Waals surface area contributed by atoms with Crippen molar-refractivity contribution < 1.29 is 0 Å². The Labute approximate surface area is 98.5 Å². The van der Waals surface area contributed by atoms with Crippen LogP contribution in [0.25, 0.3) is 0 Å². The SMILES string of the molecule is CC(C)CC(NC1CC1C)c1ccccn1. The van der Waals surface area contributed by atoms with Crippen LogP contribution in [-0.4, -0.2) is 11.0 Å². The molecule has 88 valence electrons. The number of nitrogens with zero attached hydrogens (tertiary/aromatic N) is 1. The Bertz CT molecular complexity index is 321. The van der Waals surface area contributed by atoms with Gasteiger partial charge < -0.3 is 5.32 Å². The molecule has 0 amide bonds. The number of pyridine rings is 1. The van der Waals surface area contributed by atoms with Crippen LogP contribution < -0.4 is 5.32 Å². The van der Waals surface area contributed by atoms with Crippen molar-refractivity contribution in [1.29, 1.82) is 0 Å². The highest BCUT2D eigenvalue weighted by Crippen LogP contribution is 2.33. The summed E-state index contributed by atoms with van der Waals surface area (Å²) >= 11 is 0. The van der Waals surface area contributed by atoms with Gasteiger partial charge in [0.1, 0.15) is 0 Å². The molecule has 1 aromatic heterocycles. The molecule has 0 aliphatic heterocycles. The first-order valence-corrected chi connectivity index (χ1v) is 6.33. The fourth-order valence-electron chi connectivity index (χ4n) is 2.14. The summed E-state index contributed by atoms with van der Waals surface area (Å²) in [5, 5.41) is 3.73. The number of hydrogen-bond donors (Lipinski definition) is 1. The van der Waals surface area contributed by atoms with Gasteiger partial charge in [0.2, 0.25) is 0 Å². The van der Waals surface area contributed by atoms with Crippen LogP contribution in [0, 0.1) is 11.8 Å². The molecule has 0 radical (unpaired) electrons. The average Bonchev–Trinajstić information content (AvgIpc) is 2.94. The number of aromatic nitrogens is 1. The molecule has 0 spiro atoms. The lowest BCUT2D eigenvalue weighted by atomic mass is 10.0. The second-order valence-electron chi connectivity index (χ2n) is 5.42. The molecule has 1 N–H and O–H groups in total. The van der Waals surface area contributed by atoms with Gasteiger partial charge in [0.05, 0.1) is 5.69 Å². The molecule has 3 unspecified atom stereocenters. The molecule has 1 aliphatic rings. The van der Waals surface area contributed by atoms with Crippen LogP contribution >= 0.6 is 0 Å². The largest absolute Gasteiger partial charge is 0.306 e. The third-order valence-corrected chi connectivity index (χ3v) is 3.28. The van der Waals surface area contributed by atoms with Crippen molar-refractivity contribution in [2.45, 2.75) is 45.7 Å². The molecule has 0 saturated heterocycles. The smallest absolute Gasteiger partial charge is 0.0573 e. The zero-order valence-electron chi connectivity index (χ0n) is 10.5. The van der Waals surface area contributed by atoms with Crippen molar-refractivity contribution in [1.82, 2.24) is 10.3 Å². The minimum Gasteiger partial charge on any atom is -0.306 e. The highest BCUT2D eigenvalue weighted by molar-refractivity contribution is 5.10. The number of rotatable bonds is 5. The van der Waals surface area contributed by atoms with Gasteiger partial charge in [-0.15, -0.1) is 0 Å². The third kappa shape index (κ3) is 3.05. The zero-order chi connectivity index (χ0) is 11.5. The van der Waals surface area contributed by atoms with Crippen LogP contribution in [0.4, 0.5) is 0 Å². The van der Waals surface area contributed by atoms with Crippen LogP contribution in [0.1, 0.15) is 45.3 Å². The summed E-state index contributed by atoms with van der Waals surface area (Å²) in [6, 6.07) is 7.33. The summed E-state index contributed by atoms with van der Waals surface area (Å²) < 4.78 is 0. The van der Waals surface area contributed by atoms with Gasteiger partial charge in [-0.05, 0) is 36.8 Å². The van der Waals surface area contributed by atoms with Gasteiger partial charge in [-0.1, -0.05) is 26.8 Å². The normalized spacial score (nSPS) is 25.8. The van der Waals surface area contributed by atoms with E-state index in [-0.39, 0.29) is 0 Å². The van der Waals surface area contributed by atoms with Gasteiger partial charge in [0.25, 0.3) is 0 Å². The Morgan fingerprint density at radius 2 is 2.19 bits per heavy atom. The molecule has 0 aromatic carbocycles. The van der Waals surface area contributed by atoms with Gasteiger partial charge in [0.15, 0.2) is 0 Å². The predicted octanol–water partition coefficient (Wildman–Crippen LogP) is 3.17. The van der Waals surface area contributed by atoms with E-state index in [1.54, 1.807) is 0 Å². The molecule has 1 fully saturated rings. The number of hydrogen-bond acceptors (Lipinski definition) is 2. The lowest BCUT2D eigenvalue weighted by Gasteiger charge is -2.20. The van der Waals surface area contributed by atoms with E-state index in [1.165, 1.54) is 18.5 Å². The van der Waals surface area contributed by atoms with E-state index < -0.39 is 0 Å². The summed E-state index contributed by atoms with van der Waals surface area (Å²) in [6.45, 7) is 6.85. The van der Waals surface area contributed by atoms with Crippen LogP contribution in [-0.2, 0) is 0 Å². The van der Waals surface area contributed by atoms with Crippen molar-refractivity contribution in [2.75, 3.05) is 0 Å². The van der Waals surface area contributed by atoms with E-state index in [0.29, 0.717) is 18.0 Å². The molecule has 2 nitrogen and oxygen atoms in total. The highest BCUT2D eigenvalue weighted by atomic mass is 15.0. The van der Waals surface area contributed by atoms with Crippen LogP contribution in [0.15, 0.2) is 24.4 Å². The van der Waals surface area contributed by atoms with E-state index in [4.69, 9.17) is 0 Å². The van der Waals surface area contributed by atoms with Crippen LogP contribution in [0.3, 0.4) is 0 Å². The molecule has 1 heterocycles. The summed E-state index contributed by atoms with van der Waals surface area (Å²) in [5.41, 5.74) is 1.19. The molecule has 3 atom stereocenters. The third-order valence-electron chi connectivity index (χ3n) is 3.28. The van der Waals surface area contributed by atoms with Crippen LogP contribution in [0.2, 0.25) is 0 Å². The first-order chi connectivity index (χ1) is 7.66. The van der Waals surface area contributed by atoms with E-state index in [9.17, 15) is 0 Å². The molecule has 2 rings (SSSR count). The Kier molecular flexibility index (Phi) is 3.59. The highest BCUT2D eigenvalue weighted by Gasteiger charge is 2.34. The minimum atomic E-state index is 0.427. The first kappa shape index (κ1) is 11.6. The summed E-state index contributed by atoms with van der Waals surface area (Å²) in [4.78, 5) is 4.48. The minimum absolute atomic E-state index is 0.427. The summed E-state index contributed by atoms with van der Waals surface area (Å²) in [6.07, 6.45) is 4.38. The van der Waals surface area contributed by atoms with Crippen molar-refractivity contribution in [3.63, 3.8) is 0 Å². The quantitative estimate of drug-likeness (QED) is 0.821. The molecule has 2 heteroatoms. The Morgan fingerprint density at radius 1 is 1.44 bits per heavy atom. The lowest BCUT2D eigenvalue weighted by Crippen LogP contribution is -2.26. The fourth-order valence-corrected chi connectivity index (χ4v) is 2.14. The average molecular weight is 218 g/mol. The molecule has 16 heavy (non-hydrogen) atoms. The molecular weight excluding hydrogens is 196 g/mol. The second-order valence-corrected chi connectivity index (χ2v) is 5.42. The zero-order valence-corrected chi connectivity index (χ0v) is 10.5. The van der Waals surface area contributed by atoms with Crippen molar-refractivity contribution in [2.24, 2.45) is 11.8 Å². The summed E-state index contributed by atoms with van der Waals surface area (Å²) in [5.74, 6) is 1.55. The van der Waals surface area contributed by atoms with Gasteiger partial charge >= 0.3 is 0 Å². The van der Waals surface area contributed by atoms with E-state index in [1.807, 2.05) is 12.3 Å². The van der Waals surface area contributed by atoms with Gasteiger partial charge in [-0.25, -0.2) is 0 Å². The van der Waals surface area contributed by atoms with E-state index in [0.717, 1.165) is 5.92 Å². The monoisotopic (exact) mass is 218 g/mol. The van der Waals surface area contributed by atoms with Crippen LogP contribution in [0.5, 0.6) is 0 Å². The molecule has 1 saturated carbocycles. The van der Waals surface area contributed by atoms with E-state index in [2.05, 4.69) is 43.2 Å². The van der Waals surface area contributed by atoms with Gasteiger partial charge in [0, 0.05) is 18.3 Å². The number of nitrogens with one attached hydrogen (secondary N) is 1. The van der Waals surface area contributed by atoms with Crippen molar-refractivity contribution in [3.8, 4) is 0 Å². The van der Waals surface area contributed by atoms with Crippen molar-refractivity contribution in [3.05, 3.63) is 30.1 Å². The Morgan fingerprint density at radius 3 is 2.69 bits per heavy atom. The van der Waals surface area contributed by atoms with E-state index >= 15 is 0 Å². The maximum atomic E-state index is 4.48. The molecule has 1 aliphatic carbocycles. The Hall–Kier alpha value is -0.890. The molecular formula is C14H22N2. The lowest BCUT2D eigenvalue weighted by molar-refractivity contribution is 0.414. The standard InChI is InChI=1S/C14H22N2/c1-10(2)8-14(16-13-9-11(13)3)12-6-4-5-7-15-12/h4-7,10-11,13-14,16H,8-9H2,1-3H3.